The van der Waals surface area contributed by atoms with Crippen molar-refractivity contribution in [2.75, 3.05) is 6.54 Å². The zero-order chi connectivity index (χ0) is 14.4. The van der Waals surface area contributed by atoms with Crippen LogP contribution in [0.1, 0.15) is 30.6 Å². The van der Waals surface area contributed by atoms with Gasteiger partial charge in [0.15, 0.2) is 5.82 Å². The van der Waals surface area contributed by atoms with Crippen molar-refractivity contribution in [1.29, 1.82) is 0 Å². The molecule has 108 valence electrons. The summed E-state index contributed by atoms with van der Waals surface area (Å²) in [6, 6.07) is 0. The molecule has 0 saturated carbocycles. The molecule has 0 atom stereocenters. The van der Waals surface area contributed by atoms with Crippen LogP contribution in [0, 0.1) is 0 Å². The monoisotopic (exact) mass is 277 g/mol. The van der Waals surface area contributed by atoms with E-state index in [9.17, 15) is 4.79 Å². The van der Waals surface area contributed by atoms with Crippen LogP contribution in [0.15, 0.2) is 16.9 Å². The van der Waals surface area contributed by atoms with Crippen LogP contribution in [0.2, 0.25) is 0 Å². The third-order valence-electron chi connectivity index (χ3n) is 2.88. The Kier molecular flexibility index (Phi) is 4.86. The first-order chi connectivity index (χ1) is 9.67. The Bertz CT molecular complexity index is 561. The van der Waals surface area contributed by atoms with Crippen molar-refractivity contribution in [1.82, 2.24) is 25.2 Å². The predicted molar refractivity (Wildman–Crippen MR) is 71.9 cm³/mol. The lowest BCUT2D eigenvalue weighted by Crippen LogP contribution is -2.26. The maximum atomic E-state index is 11.7. The van der Waals surface area contributed by atoms with Crippen molar-refractivity contribution >= 4 is 5.91 Å². The summed E-state index contributed by atoms with van der Waals surface area (Å²) in [5.41, 5.74) is 1.06. The van der Waals surface area contributed by atoms with Gasteiger partial charge in [0.2, 0.25) is 11.8 Å². The highest BCUT2D eigenvalue weighted by molar-refractivity contribution is 5.76. The molecule has 0 bridgehead atoms. The number of carbonyl (C=O) groups excluding carboxylic acids is 1. The van der Waals surface area contributed by atoms with E-state index in [2.05, 4.69) is 20.6 Å². The maximum Gasteiger partial charge on any atom is 0.226 e. The van der Waals surface area contributed by atoms with Gasteiger partial charge in [-0.05, 0) is 12.0 Å². The molecule has 7 nitrogen and oxygen atoms in total. The molecule has 0 aromatic carbocycles. The molecular weight excluding hydrogens is 258 g/mol. The summed E-state index contributed by atoms with van der Waals surface area (Å²) in [5.74, 6) is 1.28. The summed E-state index contributed by atoms with van der Waals surface area (Å²) in [6.07, 6.45) is 6.16. The van der Waals surface area contributed by atoms with Gasteiger partial charge in [-0.25, -0.2) is 0 Å². The van der Waals surface area contributed by atoms with Gasteiger partial charge in [-0.15, -0.1) is 0 Å². The van der Waals surface area contributed by atoms with Crippen LogP contribution >= 0.6 is 0 Å². The number of amides is 1. The molecule has 0 fully saturated rings. The molecule has 2 heterocycles. The van der Waals surface area contributed by atoms with Gasteiger partial charge in [-0.2, -0.15) is 10.1 Å². The molecular formula is C13H19N5O2. The van der Waals surface area contributed by atoms with Gasteiger partial charge in [0.1, 0.15) is 0 Å². The highest BCUT2D eigenvalue weighted by Gasteiger charge is 2.06. The fourth-order valence-electron chi connectivity index (χ4n) is 1.80. The number of nitrogens with one attached hydrogen (secondary N) is 1. The topological polar surface area (TPSA) is 85.8 Å². The van der Waals surface area contributed by atoms with E-state index in [1.54, 1.807) is 10.9 Å². The van der Waals surface area contributed by atoms with E-state index < -0.39 is 0 Å². The molecule has 1 N–H and O–H groups in total. The standard InChI is InChI=1S/C13H19N5O2/c1-3-13-16-11(17-20-13)6-7-14-12(19)5-4-10-8-15-18(2)9-10/h8-9H,3-7H2,1-2H3,(H,14,19). The highest BCUT2D eigenvalue weighted by Crippen LogP contribution is 2.01. The second-order valence-corrected chi connectivity index (χ2v) is 4.58. The number of rotatable bonds is 7. The molecule has 0 unspecified atom stereocenters. The van der Waals surface area contributed by atoms with Crippen LogP contribution in [0.25, 0.3) is 0 Å². The van der Waals surface area contributed by atoms with E-state index in [1.165, 1.54) is 0 Å². The first kappa shape index (κ1) is 14.2. The number of nitrogens with zero attached hydrogens (tertiary/aromatic N) is 4. The minimum atomic E-state index is 0.0214. The molecule has 7 heteroatoms. The summed E-state index contributed by atoms with van der Waals surface area (Å²) in [5, 5.41) is 10.7. The zero-order valence-corrected chi connectivity index (χ0v) is 11.8. The van der Waals surface area contributed by atoms with Crippen LogP contribution in [0.3, 0.4) is 0 Å². The summed E-state index contributed by atoms with van der Waals surface area (Å²) in [7, 11) is 1.86. The van der Waals surface area contributed by atoms with Crippen molar-refractivity contribution < 1.29 is 9.32 Å². The van der Waals surface area contributed by atoms with Crippen LogP contribution in [0.4, 0.5) is 0 Å². The van der Waals surface area contributed by atoms with Crippen molar-refractivity contribution in [3.05, 3.63) is 29.7 Å². The van der Waals surface area contributed by atoms with E-state index in [0.717, 1.165) is 12.0 Å². The average molecular weight is 277 g/mol. The molecule has 0 spiro atoms. The van der Waals surface area contributed by atoms with Gasteiger partial charge in [-0.3, -0.25) is 9.48 Å². The second kappa shape index (κ2) is 6.83. The molecule has 2 rings (SSSR count). The van der Waals surface area contributed by atoms with Crippen molar-refractivity contribution in [3.8, 4) is 0 Å². The third-order valence-corrected chi connectivity index (χ3v) is 2.88. The Labute approximate surface area is 117 Å². The summed E-state index contributed by atoms with van der Waals surface area (Å²) < 4.78 is 6.73. The number of hydrogen-bond donors (Lipinski definition) is 1. The predicted octanol–water partition coefficient (Wildman–Crippen LogP) is 0.657. The van der Waals surface area contributed by atoms with E-state index in [4.69, 9.17) is 4.52 Å². The quantitative estimate of drug-likeness (QED) is 0.803. The Balaban J connectivity index is 1.65. The average Bonchev–Trinajstić information content (AvgIpc) is 3.05. The van der Waals surface area contributed by atoms with Gasteiger partial charge in [0.25, 0.3) is 0 Å². The Morgan fingerprint density at radius 2 is 2.30 bits per heavy atom. The van der Waals surface area contributed by atoms with Crippen LogP contribution < -0.4 is 5.32 Å². The van der Waals surface area contributed by atoms with Crippen molar-refractivity contribution in [3.63, 3.8) is 0 Å². The van der Waals surface area contributed by atoms with Crippen LogP contribution in [-0.4, -0.2) is 32.4 Å². The molecule has 20 heavy (non-hydrogen) atoms. The lowest BCUT2D eigenvalue weighted by atomic mass is 10.2. The van der Waals surface area contributed by atoms with Gasteiger partial charge < -0.3 is 9.84 Å². The highest BCUT2D eigenvalue weighted by atomic mass is 16.5. The normalized spacial score (nSPS) is 10.7. The van der Waals surface area contributed by atoms with Gasteiger partial charge in [0.05, 0.1) is 6.20 Å². The van der Waals surface area contributed by atoms with E-state index in [1.807, 2.05) is 20.2 Å². The third kappa shape index (κ3) is 4.18. The number of aryl methyl sites for hydroxylation is 3. The molecule has 2 aromatic heterocycles. The minimum absolute atomic E-state index is 0.0214. The van der Waals surface area contributed by atoms with Crippen LogP contribution in [-0.2, 0) is 31.1 Å². The van der Waals surface area contributed by atoms with Gasteiger partial charge in [-0.1, -0.05) is 12.1 Å². The SMILES string of the molecule is CCc1nc(CCNC(=O)CCc2cnn(C)c2)no1. The molecule has 0 radical (unpaired) electrons. The van der Waals surface area contributed by atoms with Crippen molar-refractivity contribution in [2.24, 2.45) is 7.05 Å². The zero-order valence-electron chi connectivity index (χ0n) is 11.8. The first-order valence-corrected chi connectivity index (χ1v) is 6.73. The lowest BCUT2D eigenvalue weighted by molar-refractivity contribution is -0.121. The fourth-order valence-corrected chi connectivity index (χ4v) is 1.80. The van der Waals surface area contributed by atoms with Gasteiger partial charge >= 0.3 is 0 Å². The molecule has 0 aliphatic rings. The Morgan fingerprint density at radius 3 is 2.95 bits per heavy atom. The van der Waals surface area contributed by atoms with Gasteiger partial charge in [0, 0.05) is 39.1 Å². The molecule has 0 saturated heterocycles. The van der Waals surface area contributed by atoms with E-state index in [0.29, 0.717) is 37.5 Å². The largest absolute Gasteiger partial charge is 0.356 e. The smallest absolute Gasteiger partial charge is 0.226 e. The van der Waals surface area contributed by atoms with Crippen LogP contribution in [0.5, 0.6) is 0 Å². The minimum Gasteiger partial charge on any atom is -0.356 e. The Hall–Kier alpha value is -2.18. The number of hydrogen-bond acceptors (Lipinski definition) is 5. The summed E-state index contributed by atoms with van der Waals surface area (Å²) in [4.78, 5) is 15.9. The molecule has 2 aromatic rings. The number of carbonyl (C=O) groups is 1. The maximum absolute atomic E-state index is 11.7. The lowest BCUT2D eigenvalue weighted by Gasteiger charge is -2.02. The molecule has 1 amide bonds. The first-order valence-electron chi connectivity index (χ1n) is 6.73. The van der Waals surface area contributed by atoms with E-state index >= 15 is 0 Å². The second-order valence-electron chi connectivity index (χ2n) is 4.58. The Morgan fingerprint density at radius 1 is 1.45 bits per heavy atom. The van der Waals surface area contributed by atoms with Crippen molar-refractivity contribution in [2.45, 2.75) is 32.6 Å². The summed E-state index contributed by atoms with van der Waals surface area (Å²) in [6.45, 7) is 2.48. The summed E-state index contributed by atoms with van der Waals surface area (Å²) >= 11 is 0. The molecule has 0 aliphatic heterocycles. The number of aromatic nitrogens is 4. The molecule has 0 aliphatic carbocycles. The fraction of sp³-hybridized carbons (Fsp3) is 0.538. The van der Waals surface area contributed by atoms with E-state index in [-0.39, 0.29) is 5.91 Å².